The molecule has 74 heavy (non-hydrogen) atoms. The third-order valence-corrected chi connectivity index (χ3v) is 12.4. The van der Waals surface area contributed by atoms with E-state index < -0.39 is 6.10 Å². The lowest BCUT2D eigenvalue weighted by Crippen LogP contribution is -2.30. The van der Waals surface area contributed by atoms with E-state index in [0.29, 0.717) is 19.3 Å². The molecule has 0 aliphatic rings. The number of allylic oxidation sites excluding steroid dienone is 22. The first-order valence-corrected chi connectivity index (χ1v) is 30.2. The summed E-state index contributed by atoms with van der Waals surface area (Å²) >= 11 is 0. The predicted octanol–water partition coefficient (Wildman–Crippen LogP) is 20.6. The zero-order valence-corrected chi connectivity index (χ0v) is 47.8. The normalized spacial score (nSPS) is 13.1. The third-order valence-electron chi connectivity index (χ3n) is 12.4. The Balaban J connectivity index is 4.44. The van der Waals surface area contributed by atoms with Gasteiger partial charge in [0, 0.05) is 19.3 Å². The molecule has 418 valence electrons. The molecule has 0 aliphatic carbocycles. The fourth-order valence-electron chi connectivity index (χ4n) is 7.91. The van der Waals surface area contributed by atoms with E-state index in [1.807, 2.05) is 0 Å². The van der Waals surface area contributed by atoms with Gasteiger partial charge < -0.3 is 14.2 Å². The van der Waals surface area contributed by atoms with Crippen LogP contribution in [0.1, 0.15) is 258 Å². The number of carbonyl (C=O) groups is 3. The highest BCUT2D eigenvalue weighted by Gasteiger charge is 2.19. The van der Waals surface area contributed by atoms with Crippen LogP contribution in [0.3, 0.4) is 0 Å². The Kier molecular flexibility index (Phi) is 57.4. The van der Waals surface area contributed by atoms with E-state index in [2.05, 4.69) is 154 Å². The first-order valence-electron chi connectivity index (χ1n) is 30.2. The maximum atomic E-state index is 12.9. The second-order valence-electron chi connectivity index (χ2n) is 19.5. The smallest absolute Gasteiger partial charge is 0.306 e. The van der Waals surface area contributed by atoms with Crippen molar-refractivity contribution in [3.8, 4) is 0 Å². The van der Waals surface area contributed by atoms with Crippen molar-refractivity contribution < 1.29 is 28.6 Å². The van der Waals surface area contributed by atoms with Gasteiger partial charge >= 0.3 is 17.9 Å². The maximum Gasteiger partial charge on any atom is 0.306 e. The average molecular weight is 1020 g/mol. The molecule has 0 aromatic heterocycles. The summed E-state index contributed by atoms with van der Waals surface area (Å²) in [5, 5.41) is 0. The van der Waals surface area contributed by atoms with E-state index >= 15 is 0 Å². The van der Waals surface area contributed by atoms with E-state index in [4.69, 9.17) is 14.2 Å². The molecular formula is C68H110O6. The van der Waals surface area contributed by atoms with Crippen molar-refractivity contribution in [1.82, 2.24) is 0 Å². The summed E-state index contributed by atoms with van der Waals surface area (Å²) in [7, 11) is 0. The summed E-state index contributed by atoms with van der Waals surface area (Å²) in [6, 6.07) is 0. The molecule has 0 aromatic carbocycles. The molecule has 0 fully saturated rings. The number of unbranched alkanes of at least 4 members (excludes halogenated alkanes) is 20. The van der Waals surface area contributed by atoms with Crippen LogP contribution in [0.2, 0.25) is 0 Å². The zero-order valence-electron chi connectivity index (χ0n) is 47.8. The van der Waals surface area contributed by atoms with E-state index in [9.17, 15) is 14.4 Å². The number of rotatable bonds is 53. The van der Waals surface area contributed by atoms with Gasteiger partial charge in [0.1, 0.15) is 13.2 Å². The number of ether oxygens (including phenoxy) is 3. The van der Waals surface area contributed by atoms with Crippen LogP contribution in [-0.4, -0.2) is 37.2 Å². The monoisotopic (exact) mass is 1020 g/mol. The highest BCUT2D eigenvalue weighted by molar-refractivity contribution is 5.71. The quantitative estimate of drug-likeness (QED) is 0.0261. The van der Waals surface area contributed by atoms with Crippen LogP contribution in [0.4, 0.5) is 0 Å². The van der Waals surface area contributed by atoms with Crippen molar-refractivity contribution in [2.75, 3.05) is 13.2 Å². The Bertz CT molecular complexity index is 1600. The second-order valence-corrected chi connectivity index (χ2v) is 19.5. The largest absolute Gasteiger partial charge is 0.462 e. The van der Waals surface area contributed by atoms with E-state index in [0.717, 1.165) is 128 Å². The molecule has 0 radical (unpaired) electrons. The molecule has 0 aromatic rings. The standard InChI is InChI=1S/C68H110O6/c1-4-7-10-13-16-19-22-25-28-30-31-32-33-34-35-36-37-39-40-43-46-49-52-55-58-61-67(70)73-64-65(63-72-66(69)60-57-54-51-48-45-42-27-24-21-18-15-12-9-6-3)74-68(71)62-59-56-53-50-47-44-41-38-29-26-23-20-17-14-11-8-5-2/h7-8,10-11,16-17,19-20,24-29,31-32,34-35,41,44,50,53,65H,4-6,9,12-15,18,21-23,30,33,36-40,42-43,45-49,51-52,54-64H2,1-3H3/b10-7-,11-8-,19-16-,20-17-,27-24-,28-25-,29-26-,32-31-,35-34-,44-41-,53-50-. The van der Waals surface area contributed by atoms with Gasteiger partial charge in [-0.3, -0.25) is 14.4 Å². The maximum absolute atomic E-state index is 12.9. The van der Waals surface area contributed by atoms with Crippen molar-refractivity contribution in [2.24, 2.45) is 0 Å². The Morgan fingerprint density at radius 2 is 0.541 bits per heavy atom. The first kappa shape index (κ1) is 69.5. The lowest BCUT2D eigenvalue weighted by atomic mass is 10.1. The zero-order chi connectivity index (χ0) is 53.6. The number of hydrogen-bond donors (Lipinski definition) is 0. The fraction of sp³-hybridized carbons (Fsp3) is 0.632. The van der Waals surface area contributed by atoms with Gasteiger partial charge in [-0.2, -0.15) is 0 Å². The number of carbonyl (C=O) groups excluding carboxylic acids is 3. The molecule has 6 nitrogen and oxygen atoms in total. The fourth-order valence-corrected chi connectivity index (χ4v) is 7.91. The minimum atomic E-state index is -0.819. The van der Waals surface area contributed by atoms with Crippen LogP contribution in [0.25, 0.3) is 0 Å². The van der Waals surface area contributed by atoms with Crippen LogP contribution in [0.15, 0.2) is 134 Å². The number of hydrogen-bond acceptors (Lipinski definition) is 6. The average Bonchev–Trinajstić information content (AvgIpc) is 3.40. The number of esters is 3. The van der Waals surface area contributed by atoms with Gasteiger partial charge in [0.05, 0.1) is 0 Å². The van der Waals surface area contributed by atoms with Crippen LogP contribution < -0.4 is 0 Å². The second kappa shape index (κ2) is 61.1. The Morgan fingerprint density at radius 1 is 0.284 bits per heavy atom. The van der Waals surface area contributed by atoms with E-state index in [-0.39, 0.29) is 37.5 Å². The van der Waals surface area contributed by atoms with Crippen LogP contribution in [0, 0.1) is 0 Å². The molecular weight excluding hydrogens is 913 g/mol. The van der Waals surface area contributed by atoms with Gasteiger partial charge in [-0.25, -0.2) is 0 Å². The van der Waals surface area contributed by atoms with Gasteiger partial charge in [0.15, 0.2) is 6.10 Å². The molecule has 6 heteroatoms. The molecule has 0 bridgehead atoms. The molecule has 0 aliphatic heterocycles. The summed E-state index contributed by atoms with van der Waals surface area (Å²) in [5.74, 6) is -0.984. The first-order chi connectivity index (χ1) is 36.5. The molecule has 0 heterocycles. The molecule has 1 atom stereocenters. The summed E-state index contributed by atoms with van der Waals surface area (Å²) in [6.45, 7) is 6.34. The highest BCUT2D eigenvalue weighted by Crippen LogP contribution is 2.14. The van der Waals surface area contributed by atoms with Gasteiger partial charge in [0.25, 0.3) is 0 Å². The Hall–Kier alpha value is -4.45. The summed E-state index contributed by atoms with van der Waals surface area (Å²) in [4.78, 5) is 38.2. The van der Waals surface area contributed by atoms with Crippen molar-refractivity contribution in [3.05, 3.63) is 134 Å². The van der Waals surface area contributed by atoms with Crippen LogP contribution >= 0.6 is 0 Å². The van der Waals surface area contributed by atoms with Crippen LogP contribution in [-0.2, 0) is 28.6 Å². The summed E-state index contributed by atoms with van der Waals surface area (Å²) < 4.78 is 16.8. The third kappa shape index (κ3) is 58.4. The van der Waals surface area contributed by atoms with Crippen molar-refractivity contribution in [1.29, 1.82) is 0 Å². The van der Waals surface area contributed by atoms with Gasteiger partial charge in [-0.15, -0.1) is 0 Å². The molecule has 0 N–H and O–H groups in total. The minimum absolute atomic E-state index is 0.110. The van der Waals surface area contributed by atoms with Gasteiger partial charge in [-0.1, -0.05) is 244 Å². The summed E-state index contributed by atoms with van der Waals surface area (Å²) in [6.07, 6.45) is 85.9. The Morgan fingerprint density at radius 3 is 0.878 bits per heavy atom. The molecule has 0 rings (SSSR count). The lowest BCUT2D eigenvalue weighted by Gasteiger charge is -2.18. The van der Waals surface area contributed by atoms with Crippen molar-refractivity contribution in [3.63, 3.8) is 0 Å². The van der Waals surface area contributed by atoms with Crippen LogP contribution in [0.5, 0.6) is 0 Å². The van der Waals surface area contributed by atoms with Gasteiger partial charge in [0.2, 0.25) is 0 Å². The van der Waals surface area contributed by atoms with Gasteiger partial charge in [-0.05, 0) is 128 Å². The minimum Gasteiger partial charge on any atom is -0.462 e. The highest BCUT2D eigenvalue weighted by atomic mass is 16.6. The molecule has 0 saturated heterocycles. The molecule has 0 amide bonds. The summed E-state index contributed by atoms with van der Waals surface area (Å²) in [5.41, 5.74) is 0. The van der Waals surface area contributed by atoms with Crippen molar-refractivity contribution in [2.45, 2.75) is 264 Å². The SMILES string of the molecule is CC/C=C\C/C=C\C/C=C\C/C=C\C/C=C\CCCCCCCCCCCC(=O)OCC(COC(=O)CCCCCCC/C=C\CCCCCCC)OC(=O)CCC/C=C\C/C=C\C/C=C\C/C=C\C/C=C\CC. The lowest BCUT2D eigenvalue weighted by molar-refractivity contribution is -0.167. The molecule has 1 unspecified atom stereocenters. The van der Waals surface area contributed by atoms with E-state index in [1.165, 1.54) is 83.5 Å². The predicted molar refractivity (Wildman–Crippen MR) is 320 cm³/mol. The van der Waals surface area contributed by atoms with Crippen molar-refractivity contribution >= 4 is 17.9 Å². The topological polar surface area (TPSA) is 78.9 Å². The molecule has 0 saturated carbocycles. The molecule has 0 spiro atoms. The van der Waals surface area contributed by atoms with E-state index in [1.54, 1.807) is 0 Å². The Labute approximate surface area is 455 Å².